The highest BCUT2D eigenvalue weighted by Gasteiger charge is 2.57. The predicted molar refractivity (Wildman–Crippen MR) is 121 cm³/mol. The van der Waals surface area contributed by atoms with Crippen molar-refractivity contribution in [3.05, 3.63) is 65.0 Å². The Bertz CT molecular complexity index is 959. The number of carbonyl (C=O) groups excluding carboxylic acids is 1. The van der Waals surface area contributed by atoms with Gasteiger partial charge in [-0.3, -0.25) is 9.78 Å². The fourth-order valence-electron chi connectivity index (χ4n) is 5.25. The molecule has 1 aromatic carbocycles. The van der Waals surface area contributed by atoms with Crippen LogP contribution in [0.4, 0.5) is 0 Å². The van der Waals surface area contributed by atoms with Crippen molar-refractivity contribution in [3.8, 4) is 0 Å². The van der Waals surface area contributed by atoms with Crippen LogP contribution in [-0.2, 0) is 20.5 Å². The largest absolute Gasteiger partial charge is 0.465 e. The van der Waals surface area contributed by atoms with Crippen LogP contribution in [0.5, 0.6) is 0 Å². The Labute approximate surface area is 185 Å². The van der Waals surface area contributed by atoms with Gasteiger partial charge in [0.15, 0.2) is 0 Å². The molecule has 1 saturated heterocycles. The number of hydrogen-bond acceptors (Lipinski definition) is 5. The second-order valence-corrected chi connectivity index (χ2v) is 9.98. The fraction of sp³-hybridized carbons (Fsp3) is 0.538. The van der Waals surface area contributed by atoms with Gasteiger partial charge in [0.05, 0.1) is 12.0 Å². The average molecular weight is 423 g/mol. The van der Waals surface area contributed by atoms with Crippen LogP contribution in [0.3, 0.4) is 0 Å². The van der Waals surface area contributed by atoms with Crippen molar-refractivity contribution in [3.63, 3.8) is 0 Å². The maximum atomic E-state index is 12.6. The first-order valence-electron chi connectivity index (χ1n) is 11.3. The smallest absolute Gasteiger partial charge is 0.316 e. The molecule has 0 bridgehead atoms. The average Bonchev–Trinajstić information content (AvgIpc) is 3.54. The van der Waals surface area contributed by atoms with Crippen LogP contribution in [0.1, 0.15) is 68.7 Å². The summed E-state index contributed by atoms with van der Waals surface area (Å²) in [5, 5.41) is 12.3. The van der Waals surface area contributed by atoms with Crippen molar-refractivity contribution >= 4 is 5.97 Å². The van der Waals surface area contributed by atoms with E-state index in [1.165, 1.54) is 5.56 Å². The van der Waals surface area contributed by atoms with Gasteiger partial charge in [-0.15, -0.1) is 0 Å². The van der Waals surface area contributed by atoms with E-state index >= 15 is 0 Å². The molecule has 0 amide bonds. The zero-order valence-corrected chi connectivity index (χ0v) is 19.3. The van der Waals surface area contributed by atoms with Gasteiger partial charge in [-0.05, 0) is 55.5 Å². The van der Waals surface area contributed by atoms with E-state index in [4.69, 9.17) is 4.74 Å². The second-order valence-electron chi connectivity index (χ2n) is 9.98. The maximum Gasteiger partial charge on any atom is 0.316 e. The third-order valence-electron chi connectivity index (χ3n) is 7.23. The molecule has 1 aromatic heterocycles. The lowest BCUT2D eigenvalue weighted by Crippen LogP contribution is -2.63. The lowest BCUT2D eigenvalue weighted by Gasteiger charge is -2.56. The van der Waals surface area contributed by atoms with E-state index in [-0.39, 0.29) is 11.4 Å². The molecule has 2 heterocycles. The summed E-state index contributed by atoms with van der Waals surface area (Å²) in [6, 6.07) is 10.3. The molecule has 2 aliphatic rings. The van der Waals surface area contributed by atoms with E-state index in [2.05, 4.69) is 49.8 Å². The Morgan fingerprint density at radius 1 is 1.19 bits per heavy atom. The summed E-state index contributed by atoms with van der Waals surface area (Å²) in [6.45, 7) is 10.2. The van der Waals surface area contributed by atoms with Crippen molar-refractivity contribution in [2.24, 2.45) is 5.41 Å². The van der Waals surface area contributed by atoms with Gasteiger partial charge in [-0.25, -0.2) is 0 Å². The van der Waals surface area contributed by atoms with Crippen LogP contribution in [0, 0.1) is 5.41 Å². The number of ether oxygens (including phenoxy) is 1. The van der Waals surface area contributed by atoms with Crippen molar-refractivity contribution in [1.82, 2.24) is 9.88 Å². The molecule has 1 atom stereocenters. The summed E-state index contributed by atoms with van der Waals surface area (Å²) in [4.78, 5) is 19.3. The Hall–Kier alpha value is -2.24. The highest BCUT2D eigenvalue weighted by molar-refractivity contribution is 5.86. The Balaban J connectivity index is 1.79. The predicted octanol–water partition coefficient (Wildman–Crippen LogP) is 3.99. The zero-order chi connectivity index (χ0) is 22.4. The molecule has 4 rings (SSSR count). The number of aliphatic hydroxyl groups is 1. The van der Waals surface area contributed by atoms with Gasteiger partial charge in [0.2, 0.25) is 0 Å². The molecule has 1 saturated carbocycles. The number of aromatic nitrogens is 1. The number of benzene rings is 1. The van der Waals surface area contributed by atoms with E-state index in [0.717, 1.165) is 42.6 Å². The fourth-order valence-corrected chi connectivity index (χ4v) is 5.25. The van der Waals surface area contributed by atoms with Crippen LogP contribution < -0.4 is 0 Å². The summed E-state index contributed by atoms with van der Waals surface area (Å²) >= 11 is 0. The molecular formula is C26H34N2O3. The molecule has 1 aliphatic heterocycles. The van der Waals surface area contributed by atoms with Crippen LogP contribution >= 0.6 is 0 Å². The lowest BCUT2D eigenvalue weighted by molar-refractivity contribution is -0.146. The second kappa shape index (κ2) is 7.72. The zero-order valence-electron chi connectivity index (χ0n) is 19.3. The summed E-state index contributed by atoms with van der Waals surface area (Å²) in [7, 11) is 2.07. The molecule has 166 valence electrons. The van der Waals surface area contributed by atoms with Gasteiger partial charge in [-0.1, -0.05) is 45.0 Å². The number of likely N-dealkylation sites (tertiary alicyclic amines) is 1. The molecule has 5 nitrogen and oxygen atoms in total. The molecule has 2 fully saturated rings. The van der Waals surface area contributed by atoms with Gasteiger partial charge >= 0.3 is 5.97 Å². The Morgan fingerprint density at radius 3 is 2.35 bits per heavy atom. The first-order chi connectivity index (χ1) is 14.7. The molecule has 1 N–H and O–H groups in total. The minimum absolute atomic E-state index is 0.187. The first-order valence-corrected chi connectivity index (χ1v) is 11.3. The SMILES string of the molecule is CCOC(=O)C1(c2cncc([C@@](O)(c3ccc(C(C)C)cc3)C3(C)CN(C)C3)c2)CC1. The Morgan fingerprint density at radius 2 is 1.84 bits per heavy atom. The van der Waals surface area contributed by atoms with Crippen LogP contribution in [-0.4, -0.2) is 47.7 Å². The van der Waals surface area contributed by atoms with Gasteiger partial charge < -0.3 is 14.7 Å². The quantitative estimate of drug-likeness (QED) is 0.684. The van der Waals surface area contributed by atoms with Crippen LogP contribution in [0.25, 0.3) is 0 Å². The maximum absolute atomic E-state index is 12.6. The molecular weight excluding hydrogens is 388 g/mol. The lowest BCUT2D eigenvalue weighted by atomic mass is 9.62. The van der Waals surface area contributed by atoms with Gasteiger partial charge in [-0.2, -0.15) is 0 Å². The number of pyridine rings is 1. The number of hydrogen-bond donors (Lipinski definition) is 1. The summed E-state index contributed by atoms with van der Waals surface area (Å²) in [6.07, 6.45) is 5.03. The number of nitrogens with zero attached hydrogens (tertiary/aromatic N) is 2. The van der Waals surface area contributed by atoms with E-state index < -0.39 is 11.0 Å². The molecule has 0 spiro atoms. The number of esters is 1. The number of rotatable bonds is 7. The van der Waals surface area contributed by atoms with Gasteiger partial charge in [0.25, 0.3) is 0 Å². The molecule has 31 heavy (non-hydrogen) atoms. The first kappa shape index (κ1) is 22.0. The molecule has 1 aliphatic carbocycles. The van der Waals surface area contributed by atoms with Crippen molar-refractivity contribution in [2.45, 2.75) is 57.5 Å². The summed E-state index contributed by atoms with van der Waals surface area (Å²) < 4.78 is 5.35. The van der Waals surface area contributed by atoms with E-state index in [1.807, 2.05) is 25.1 Å². The standard InChI is InChI=1S/C26H34N2O3/c1-6-31-23(29)25(11-12-25)21-13-22(15-27-14-21)26(30,24(4)16-28(5)17-24)20-9-7-19(8-10-20)18(2)3/h7-10,13-15,18,30H,6,11-12,16-17H2,1-5H3/t26-/m0/s1. The normalized spacial score (nSPS) is 21.3. The Kier molecular flexibility index (Phi) is 5.47. The molecule has 0 unspecified atom stereocenters. The third kappa shape index (κ3) is 3.48. The van der Waals surface area contributed by atoms with E-state index in [1.54, 1.807) is 12.4 Å². The summed E-state index contributed by atoms with van der Waals surface area (Å²) in [5.74, 6) is 0.241. The van der Waals surface area contributed by atoms with Gasteiger partial charge in [0, 0.05) is 36.5 Å². The topological polar surface area (TPSA) is 62.7 Å². The van der Waals surface area contributed by atoms with Crippen LogP contribution in [0.2, 0.25) is 0 Å². The minimum Gasteiger partial charge on any atom is -0.465 e. The van der Waals surface area contributed by atoms with Crippen molar-refractivity contribution in [2.75, 3.05) is 26.7 Å². The van der Waals surface area contributed by atoms with Crippen LogP contribution in [0.15, 0.2) is 42.7 Å². The van der Waals surface area contributed by atoms with Gasteiger partial charge in [0.1, 0.15) is 5.60 Å². The highest BCUT2D eigenvalue weighted by Crippen LogP contribution is 2.53. The van der Waals surface area contributed by atoms with Crippen molar-refractivity contribution in [1.29, 1.82) is 0 Å². The minimum atomic E-state index is -1.21. The highest BCUT2D eigenvalue weighted by atomic mass is 16.5. The molecule has 0 radical (unpaired) electrons. The van der Waals surface area contributed by atoms with Crippen molar-refractivity contribution < 1.29 is 14.6 Å². The number of carbonyl (C=O) groups is 1. The van der Waals surface area contributed by atoms with E-state index in [0.29, 0.717) is 12.5 Å². The third-order valence-corrected chi connectivity index (χ3v) is 7.23. The van der Waals surface area contributed by atoms with E-state index in [9.17, 15) is 9.90 Å². The summed E-state index contributed by atoms with van der Waals surface area (Å²) in [5.41, 5.74) is 1.52. The monoisotopic (exact) mass is 422 g/mol. The molecule has 5 heteroatoms. The molecule has 2 aromatic rings.